The molecule has 0 bridgehead atoms. The molecule has 0 saturated heterocycles. The van der Waals surface area contributed by atoms with Gasteiger partial charge in [0.15, 0.2) is 6.10 Å². The molecule has 138 valence electrons. The van der Waals surface area contributed by atoms with Gasteiger partial charge in [0.05, 0.1) is 12.6 Å². The van der Waals surface area contributed by atoms with Crippen molar-refractivity contribution in [1.29, 1.82) is 0 Å². The van der Waals surface area contributed by atoms with Crippen molar-refractivity contribution in [3.63, 3.8) is 0 Å². The summed E-state index contributed by atoms with van der Waals surface area (Å²) >= 11 is 0. The largest absolute Gasteiger partial charge is 0.464 e. The molecule has 27 heavy (non-hydrogen) atoms. The summed E-state index contributed by atoms with van der Waals surface area (Å²) in [6.45, 7) is 1.81. The van der Waals surface area contributed by atoms with E-state index in [0.717, 1.165) is 10.8 Å². The Hall–Kier alpha value is -3.18. The van der Waals surface area contributed by atoms with Gasteiger partial charge >= 0.3 is 5.97 Å². The van der Waals surface area contributed by atoms with Crippen LogP contribution in [-0.2, 0) is 9.53 Å². The van der Waals surface area contributed by atoms with Crippen molar-refractivity contribution in [3.8, 4) is 0 Å². The van der Waals surface area contributed by atoms with E-state index in [9.17, 15) is 14.7 Å². The molecule has 0 fully saturated rings. The highest BCUT2D eigenvalue weighted by Crippen LogP contribution is 2.24. The predicted octanol–water partition coefficient (Wildman–Crippen LogP) is 3.23. The van der Waals surface area contributed by atoms with Gasteiger partial charge < -0.3 is 15.2 Å². The Morgan fingerprint density at radius 3 is 2.33 bits per heavy atom. The van der Waals surface area contributed by atoms with Gasteiger partial charge in [0.25, 0.3) is 5.91 Å². The van der Waals surface area contributed by atoms with Crippen LogP contribution in [0.1, 0.15) is 28.9 Å². The van der Waals surface area contributed by atoms with E-state index >= 15 is 0 Å². The van der Waals surface area contributed by atoms with E-state index in [1.165, 1.54) is 0 Å². The quantitative estimate of drug-likeness (QED) is 0.659. The van der Waals surface area contributed by atoms with Crippen LogP contribution in [0.2, 0.25) is 0 Å². The number of carbonyl (C=O) groups excluding carboxylic acids is 2. The first kappa shape index (κ1) is 18.6. The van der Waals surface area contributed by atoms with Crippen LogP contribution in [0.5, 0.6) is 0 Å². The van der Waals surface area contributed by atoms with Crippen LogP contribution in [0.25, 0.3) is 10.8 Å². The van der Waals surface area contributed by atoms with E-state index in [0.29, 0.717) is 11.1 Å². The van der Waals surface area contributed by atoms with Gasteiger partial charge in [-0.05, 0) is 41.5 Å². The first-order chi connectivity index (χ1) is 13.1. The molecule has 0 unspecified atom stereocenters. The Morgan fingerprint density at radius 1 is 0.963 bits per heavy atom. The molecule has 5 nitrogen and oxygen atoms in total. The number of ether oxygens (including phenoxy) is 1. The lowest BCUT2D eigenvalue weighted by Crippen LogP contribution is -2.41. The molecule has 3 aromatic carbocycles. The first-order valence-corrected chi connectivity index (χ1v) is 8.79. The lowest BCUT2D eigenvalue weighted by Gasteiger charge is -2.24. The maximum atomic E-state index is 12.6. The standard InChI is InChI=1S/C22H21NO4/c1-2-27-22(26)20(24)19(23-21(25)16-9-4-3-5-10-16)18-13-12-15-8-6-7-11-17(15)14-18/h3-14,19-20,24H,2H2,1H3,(H,23,25)/t19-,20-/m0/s1. The minimum atomic E-state index is -1.52. The average Bonchev–Trinajstić information content (AvgIpc) is 2.71. The van der Waals surface area contributed by atoms with Crippen LogP contribution >= 0.6 is 0 Å². The minimum absolute atomic E-state index is 0.146. The lowest BCUT2D eigenvalue weighted by atomic mass is 9.97. The normalized spacial score (nSPS) is 13.0. The van der Waals surface area contributed by atoms with Gasteiger partial charge in [-0.15, -0.1) is 0 Å². The van der Waals surface area contributed by atoms with Crippen molar-refractivity contribution < 1.29 is 19.4 Å². The lowest BCUT2D eigenvalue weighted by molar-refractivity contribution is -0.154. The fourth-order valence-corrected chi connectivity index (χ4v) is 2.92. The molecule has 0 aliphatic rings. The van der Waals surface area contributed by atoms with Crippen LogP contribution in [0.4, 0.5) is 0 Å². The predicted molar refractivity (Wildman–Crippen MR) is 103 cm³/mol. The third-order valence-corrected chi connectivity index (χ3v) is 4.30. The van der Waals surface area contributed by atoms with Crippen LogP contribution in [-0.4, -0.2) is 29.7 Å². The van der Waals surface area contributed by atoms with Crippen LogP contribution in [0.3, 0.4) is 0 Å². The number of rotatable bonds is 6. The molecule has 0 radical (unpaired) electrons. The number of carbonyl (C=O) groups is 2. The highest BCUT2D eigenvalue weighted by atomic mass is 16.5. The smallest absolute Gasteiger partial charge is 0.337 e. The van der Waals surface area contributed by atoms with E-state index in [1.54, 1.807) is 37.3 Å². The highest BCUT2D eigenvalue weighted by molar-refractivity contribution is 5.95. The van der Waals surface area contributed by atoms with Crippen molar-refractivity contribution in [3.05, 3.63) is 83.9 Å². The molecular formula is C22H21NO4. The summed E-state index contributed by atoms with van der Waals surface area (Å²) in [7, 11) is 0. The number of esters is 1. The fourth-order valence-electron chi connectivity index (χ4n) is 2.92. The number of fused-ring (bicyclic) bond motifs is 1. The maximum Gasteiger partial charge on any atom is 0.337 e. The van der Waals surface area contributed by atoms with Crippen LogP contribution in [0, 0.1) is 0 Å². The molecule has 3 rings (SSSR count). The maximum absolute atomic E-state index is 12.6. The molecule has 0 aromatic heterocycles. The van der Waals surface area contributed by atoms with E-state index in [-0.39, 0.29) is 12.5 Å². The van der Waals surface area contributed by atoms with E-state index in [2.05, 4.69) is 5.32 Å². The SMILES string of the molecule is CCOC(=O)[C@@H](O)[C@@H](NC(=O)c1ccccc1)c1ccc2ccccc2c1. The topological polar surface area (TPSA) is 75.6 Å². The van der Waals surface area contributed by atoms with Gasteiger partial charge in [-0.25, -0.2) is 4.79 Å². The summed E-state index contributed by atoms with van der Waals surface area (Å²) in [5, 5.41) is 15.3. The molecular weight excluding hydrogens is 342 g/mol. The zero-order valence-electron chi connectivity index (χ0n) is 15.0. The highest BCUT2D eigenvalue weighted by Gasteiger charge is 2.30. The summed E-state index contributed by atoms with van der Waals surface area (Å²) in [6.07, 6.45) is -1.52. The van der Waals surface area contributed by atoms with Crippen molar-refractivity contribution in [2.75, 3.05) is 6.61 Å². The molecule has 0 aliphatic carbocycles. The zero-order chi connectivity index (χ0) is 19.2. The number of amides is 1. The molecule has 5 heteroatoms. The Labute approximate surface area is 157 Å². The molecule has 0 saturated carbocycles. The van der Waals surface area contributed by atoms with Crippen molar-refractivity contribution in [1.82, 2.24) is 5.32 Å². The zero-order valence-corrected chi connectivity index (χ0v) is 15.0. The number of aliphatic hydroxyl groups is 1. The molecule has 3 aromatic rings. The van der Waals surface area contributed by atoms with E-state index in [1.807, 2.05) is 42.5 Å². The third kappa shape index (κ3) is 4.33. The Balaban J connectivity index is 1.95. The number of hydrogen-bond acceptors (Lipinski definition) is 4. The van der Waals surface area contributed by atoms with Gasteiger partial charge in [-0.1, -0.05) is 54.6 Å². The Morgan fingerprint density at radius 2 is 1.63 bits per heavy atom. The molecule has 0 aliphatic heterocycles. The number of aliphatic hydroxyl groups excluding tert-OH is 1. The van der Waals surface area contributed by atoms with Gasteiger partial charge in [0.1, 0.15) is 0 Å². The summed E-state index contributed by atoms with van der Waals surface area (Å²) in [6, 6.07) is 21.0. The molecule has 2 N–H and O–H groups in total. The second kappa shape index (κ2) is 8.47. The van der Waals surface area contributed by atoms with Gasteiger partial charge in [0, 0.05) is 5.56 Å². The summed E-state index contributed by atoms with van der Waals surface area (Å²) in [5.74, 6) is -1.15. The summed E-state index contributed by atoms with van der Waals surface area (Å²) < 4.78 is 4.94. The van der Waals surface area contributed by atoms with Crippen molar-refractivity contribution in [2.45, 2.75) is 19.1 Å². The third-order valence-electron chi connectivity index (χ3n) is 4.30. The van der Waals surface area contributed by atoms with Gasteiger partial charge in [0.2, 0.25) is 0 Å². The summed E-state index contributed by atoms with van der Waals surface area (Å²) in [5.41, 5.74) is 1.07. The average molecular weight is 363 g/mol. The van der Waals surface area contributed by atoms with Crippen molar-refractivity contribution >= 4 is 22.6 Å². The summed E-state index contributed by atoms with van der Waals surface area (Å²) in [4.78, 5) is 24.7. The number of nitrogens with one attached hydrogen (secondary N) is 1. The Kier molecular flexibility index (Phi) is 5.84. The molecule has 2 atom stereocenters. The first-order valence-electron chi connectivity index (χ1n) is 8.79. The van der Waals surface area contributed by atoms with E-state index in [4.69, 9.17) is 4.74 Å². The Bertz CT molecular complexity index is 939. The van der Waals surface area contributed by atoms with E-state index < -0.39 is 18.1 Å². The van der Waals surface area contributed by atoms with Gasteiger partial charge in [-0.2, -0.15) is 0 Å². The van der Waals surface area contributed by atoms with Crippen LogP contribution < -0.4 is 5.32 Å². The second-order valence-electron chi connectivity index (χ2n) is 6.12. The van der Waals surface area contributed by atoms with Crippen molar-refractivity contribution in [2.24, 2.45) is 0 Å². The van der Waals surface area contributed by atoms with Crippen LogP contribution in [0.15, 0.2) is 72.8 Å². The minimum Gasteiger partial charge on any atom is -0.464 e. The molecule has 0 heterocycles. The van der Waals surface area contributed by atoms with Gasteiger partial charge in [-0.3, -0.25) is 4.79 Å². The number of benzene rings is 3. The molecule has 1 amide bonds. The number of hydrogen-bond donors (Lipinski definition) is 2. The molecule has 0 spiro atoms. The second-order valence-corrected chi connectivity index (χ2v) is 6.12. The fraction of sp³-hybridized carbons (Fsp3) is 0.182. The monoisotopic (exact) mass is 363 g/mol.